The van der Waals surface area contributed by atoms with Gasteiger partial charge < -0.3 is 0 Å². The van der Waals surface area contributed by atoms with E-state index in [4.69, 9.17) is 0 Å². The lowest BCUT2D eigenvalue weighted by molar-refractivity contribution is -0.671. The summed E-state index contributed by atoms with van der Waals surface area (Å²) < 4.78 is 8.51. The van der Waals surface area contributed by atoms with Crippen molar-refractivity contribution in [3.05, 3.63) is 37.4 Å². The zero-order valence-electron chi connectivity index (χ0n) is 14.9. The third kappa shape index (κ3) is 8.01. The zero-order chi connectivity index (χ0) is 16.2. The van der Waals surface area contributed by atoms with Crippen molar-refractivity contribution >= 4 is 0 Å². The Morgan fingerprint density at radius 3 is 1.73 bits per heavy atom. The Morgan fingerprint density at radius 2 is 1.27 bits per heavy atom. The average molecular weight is 306 g/mol. The maximum absolute atomic E-state index is 2.26. The normalized spacial score (nSPS) is 10.4. The van der Waals surface area contributed by atoms with Gasteiger partial charge in [0.1, 0.15) is 24.8 Å². The second-order valence-electron chi connectivity index (χ2n) is 5.99. The molecule has 2 aromatic rings. The standard InChI is InChI=1S/C12H23N2.C6H11N2/c1-3-4-5-6-7-8-9-14-11-10-13(2)12-14;1-3-8-5-4-7(2)6-8/h10-12H,3-9H2,1-2H3;4-6H,3H2,1-2H3/q2*+1. The van der Waals surface area contributed by atoms with Crippen LogP contribution in [0.25, 0.3) is 0 Å². The maximum atomic E-state index is 2.26. The molecular weight excluding hydrogens is 272 g/mol. The van der Waals surface area contributed by atoms with E-state index in [-0.39, 0.29) is 0 Å². The summed E-state index contributed by atoms with van der Waals surface area (Å²) in [6, 6.07) is 0. The van der Waals surface area contributed by atoms with E-state index in [2.05, 4.69) is 65.8 Å². The second kappa shape index (κ2) is 11.0. The van der Waals surface area contributed by atoms with Crippen LogP contribution in [0.2, 0.25) is 0 Å². The van der Waals surface area contributed by atoms with Crippen molar-refractivity contribution in [2.45, 2.75) is 65.5 Å². The molecule has 0 aliphatic carbocycles. The highest BCUT2D eigenvalue weighted by molar-refractivity contribution is 4.65. The monoisotopic (exact) mass is 306 g/mol. The van der Waals surface area contributed by atoms with Crippen molar-refractivity contribution in [2.75, 3.05) is 0 Å². The number of nitrogens with zero attached hydrogens (tertiary/aromatic N) is 4. The second-order valence-corrected chi connectivity index (χ2v) is 5.99. The average Bonchev–Trinajstić information content (AvgIpc) is 3.12. The van der Waals surface area contributed by atoms with Gasteiger partial charge in [-0.05, 0) is 19.8 Å². The maximum Gasteiger partial charge on any atom is 0.243 e. The van der Waals surface area contributed by atoms with Gasteiger partial charge in [-0.2, -0.15) is 0 Å². The summed E-state index contributed by atoms with van der Waals surface area (Å²) in [5.41, 5.74) is 0. The molecule has 0 saturated heterocycles. The third-order valence-corrected chi connectivity index (χ3v) is 3.78. The van der Waals surface area contributed by atoms with Crippen LogP contribution in [0.4, 0.5) is 0 Å². The van der Waals surface area contributed by atoms with Crippen molar-refractivity contribution in [2.24, 2.45) is 14.1 Å². The molecule has 0 amide bonds. The summed E-state index contributed by atoms with van der Waals surface area (Å²) in [5.74, 6) is 0. The first kappa shape index (κ1) is 18.5. The minimum absolute atomic E-state index is 1.06. The lowest BCUT2D eigenvalue weighted by atomic mass is 10.1. The van der Waals surface area contributed by atoms with Crippen LogP contribution in [0.3, 0.4) is 0 Å². The number of imidazole rings is 2. The van der Waals surface area contributed by atoms with Crippen LogP contribution in [0.5, 0.6) is 0 Å². The Labute approximate surface area is 136 Å². The molecular formula is C18H34N4+2. The van der Waals surface area contributed by atoms with E-state index in [1.165, 1.54) is 45.1 Å². The molecule has 2 rings (SSSR count). The quantitative estimate of drug-likeness (QED) is 0.527. The lowest BCUT2D eigenvalue weighted by Crippen LogP contribution is -2.23. The van der Waals surface area contributed by atoms with Crippen molar-refractivity contribution in [3.8, 4) is 0 Å². The Morgan fingerprint density at radius 1 is 0.727 bits per heavy atom. The van der Waals surface area contributed by atoms with Gasteiger partial charge in [0.05, 0.1) is 27.2 Å². The van der Waals surface area contributed by atoms with Crippen LogP contribution >= 0.6 is 0 Å². The van der Waals surface area contributed by atoms with Gasteiger partial charge >= 0.3 is 0 Å². The van der Waals surface area contributed by atoms with Gasteiger partial charge in [0.2, 0.25) is 12.7 Å². The molecule has 0 radical (unpaired) electrons. The van der Waals surface area contributed by atoms with E-state index in [0.717, 1.165) is 6.54 Å². The molecule has 124 valence electrons. The smallest absolute Gasteiger partial charge is 0.240 e. The molecule has 0 N–H and O–H groups in total. The van der Waals surface area contributed by atoms with Crippen molar-refractivity contribution in [1.29, 1.82) is 0 Å². The summed E-state index contributed by atoms with van der Waals surface area (Å²) in [6.45, 7) is 6.62. The zero-order valence-corrected chi connectivity index (χ0v) is 14.9. The number of hydrogen-bond acceptors (Lipinski definition) is 0. The van der Waals surface area contributed by atoms with Gasteiger partial charge in [-0.1, -0.05) is 32.6 Å². The predicted octanol–water partition coefficient (Wildman–Crippen LogP) is 3.01. The summed E-state index contributed by atoms with van der Waals surface area (Å²) in [4.78, 5) is 0. The van der Waals surface area contributed by atoms with Crippen molar-refractivity contribution in [1.82, 2.24) is 9.13 Å². The topological polar surface area (TPSA) is 17.6 Å². The van der Waals surface area contributed by atoms with Gasteiger partial charge in [-0.15, -0.1) is 0 Å². The number of unbranched alkanes of at least 4 members (excludes halogenated alkanes) is 5. The Hall–Kier alpha value is -1.58. The molecule has 0 aromatic carbocycles. The highest BCUT2D eigenvalue weighted by atomic mass is 15.1. The molecule has 4 nitrogen and oxygen atoms in total. The van der Waals surface area contributed by atoms with Gasteiger partial charge in [-0.25, -0.2) is 18.3 Å². The highest BCUT2D eigenvalue weighted by Crippen LogP contribution is 2.05. The van der Waals surface area contributed by atoms with Crippen LogP contribution in [-0.2, 0) is 27.2 Å². The minimum Gasteiger partial charge on any atom is -0.240 e. The molecule has 2 heterocycles. The summed E-state index contributed by atoms with van der Waals surface area (Å²) >= 11 is 0. The van der Waals surface area contributed by atoms with E-state index in [9.17, 15) is 0 Å². The van der Waals surface area contributed by atoms with Gasteiger partial charge in [0.15, 0.2) is 0 Å². The molecule has 0 aliphatic rings. The molecule has 0 spiro atoms. The van der Waals surface area contributed by atoms with Crippen LogP contribution in [-0.4, -0.2) is 9.13 Å². The number of hydrogen-bond donors (Lipinski definition) is 0. The predicted molar refractivity (Wildman–Crippen MR) is 90.3 cm³/mol. The van der Waals surface area contributed by atoms with E-state index >= 15 is 0 Å². The Bertz CT molecular complexity index is 499. The third-order valence-electron chi connectivity index (χ3n) is 3.78. The fraction of sp³-hybridized carbons (Fsp3) is 0.667. The highest BCUT2D eigenvalue weighted by Gasteiger charge is 1.98. The van der Waals surface area contributed by atoms with Crippen LogP contribution in [0.1, 0.15) is 52.4 Å². The molecule has 2 aromatic heterocycles. The summed E-state index contributed by atoms with van der Waals surface area (Å²) in [5, 5.41) is 0. The van der Waals surface area contributed by atoms with Gasteiger partial charge in [0, 0.05) is 0 Å². The van der Waals surface area contributed by atoms with Crippen molar-refractivity contribution < 1.29 is 9.13 Å². The van der Waals surface area contributed by atoms with E-state index < -0.39 is 0 Å². The molecule has 4 heteroatoms. The number of aryl methyl sites for hydroxylation is 4. The SMILES string of the molecule is CCCCCCCCn1cc[n+](C)c1.CCn1cc[n+](C)c1. The van der Waals surface area contributed by atoms with Crippen LogP contribution in [0, 0.1) is 0 Å². The molecule has 0 atom stereocenters. The summed E-state index contributed by atoms with van der Waals surface area (Å²) in [7, 11) is 4.09. The number of aromatic nitrogens is 4. The van der Waals surface area contributed by atoms with E-state index in [0.29, 0.717) is 0 Å². The first-order valence-corrected chi connectivity index (χ1v) is 8.67. The first-order valence-electron chi connectivity index (χ1n) is 8.67. The van der Waals surface area contributed by atoms with Gasteiger partial charge in [0.25, 0.3) is 0 Å². The molecule has 0 aliphatic heterocycles. The van der Waals surface area contributed by atoms with Crippen LogP contribution in [0.15, 0.2) is 37.4 Å². The minimum atomic E-state index is 1.06. The van der Waals surface area contributed by atoms with E-state index in [1.807, 2.05) is 17.8 Å². The number of rotatable bonds is 8. The molecule has 0 bridgehead atoms. The largest absolute Gasteiger partial charge is 0.243 e. The molecule has 0 unspecified atom stereocenters. The lowest BCUT2D eigenvalue weighted by Gasteiger charge is -1.98. The van der Waals surface area contributed by atoms with Crippen molar-refractivity contribution in [3.63, 3.8) is 0 Å². The molecule has 22 heavy (non-hydrogen) atoms. The summed E-state index contributed by atoms with van der Waals surface area (Å²) in [6.07, 6.45) is 20.8. The van der Waals surface area contributed by atoms with Crippen LogP contribution < -0.4 is 9.13 Å². The fourth-order valence-electron chi connectivity index (χ4n) is 2.40. The first-order chi connectivity index (χ1) is 10.7. The molecule has 0 fully saturated rings. The Balaban J connectivity index is 0.000000255. The molecule has 0 saturated carbocycles. The van der Waals surface area contributed by atoms with Gasteiger partial charge in [-0.3, -0.25) is 0 Å². The van der Waals surface area contributed by atoms with E-state index in [1.54, 1.807) is 0 Å². The fourth-order valence-corrected chi connectivity index (χ4v) is 2.40. The Kier molecular flexibility index (Phi) is 9.28.